The van der Waals surface area contributed by atoms with E-state index in [0.717, 1.165) is 0 Å². The Bertz CT molecular complexity index is 491. The van der Waals surface area contributed by atoms with Crippen molar-refractivity contribution in [3.05, 3.63) is 41.9 Å². The zero-order valence-corrected chi connectivity index (χ0v) is 9.34. The number of oxazole rings is 1. The third kappa shape index (κ3) is 2.50. The Hall–Kier alpha value is -1.75. The lowest BCUT2D eigenvalue weighted by Gasteiger charge is -2.00. The summed E-state index contributed by atoms with van der Waals surface area (Å²) in [5.74, 6) is -0.730. The van der Waals surface area contributed by atoms with Crippen LogP contribution >= 0.6 is 0 Å². The minimum atomic E-state index is -0.652. The molecule has 0 bridgehead atoms. The number of likely N-dealkylation sites (N-methyl/N-ethyl adjacent to an activating group) is 1. The average molecular weight is 238 g/mol. The van der Waals surface area contributed by atoms with Gasteiger partial charge in [0.2, 0.25) is 0 Å². The van der Waals surface area contributed by atoms with Crippen LogP contribution in [0.5, 0.6) is 0 Å². The van der Waals surface area contributed by atoms with E-state index in [2.05, 4.69) is 10.3 Å². The summed E-state index contributed by atoms with van der Waals surface area (Å²) in [6, 6.07) is 3.69. The number of hydrogen-bond acceptors (Lipinski definition) is 3. The second kappa shape index (κ2) is 5.05. The number of benzene rings is 1. The average Bonchev–Trinajstić information content (AvgIpc) is 2.75. The molecule has 0 radical (unpaired) electrons. The Morgan fingerprint density at radius 3 is 2.65 bits per heavy atom. The molecule has 0 aliphatic rings. The van der Waals surface area contributed by atoms with Gasteiger partial charge in [-0.3, -0.25) is 0 Å². The molecule has 0 aliphatic carbocycles. The largest absolute Gasteiger partial charge is 0.440 e. The van der Waals surface area contributed by atoms with E-state index in [4.69, 9.17) is 4.42 Å². The van der Waals surface area contributed by atoms with Crippen LogP contribution in [0, 0.1) is 11.6 Å². The molecule has 1 heterocycles. The van der Waals surface area contributed by atoms with Gasteiger partial charge in [-0.15, -0.1) is 0 Å². The first-order valence-electron chi connectivity index (χ1n) is 5.26. The van der Waals surface area contributed by atoms with E-state index in [1.807, 2.05) is 0 Å². The van der Waals surface area contributed by atoms with Crippen molar-refractivity contribution < 1.29 is 13.2 Å². The predicted octanol–water partition coefficient (Wildman–Crippen LogP) is 2.38. The standard InChI is InChI=1S/C12H12F2N2O/c1-15-6-5-11-16-7-10(17-11)12-8(13)3-2-4-9(12)14/h2-4,7,15H,5-6H2,1H3. The molecule has 0 spiro atoms. The molecule has 3 nitrogen and oxygen atoms in total. The molecule has 0 fully saturated rings. The molecule has 5 heteroatoms. The highest BCUT2D eigenvalue weighted by atomic mass is 19.1. The molecule has 0 atom stereocenters. The molecule has 2 rings (SSSR count). The van der Waals surface area contributed by atoms with Gasteiger partial charge in [-0.1, -0.05) is 6.07 Å². The van der Waals surface area contributed by atoms with Crippen LogP contribution in [0.3, 0.4) is 0 Å². The second-order valence-electron chi connectivity index (χ2n) is 3.57. The van der Waals surface area contributed by atoms with Crippen molar-refractivity contribution in [3.8, 4) is 11.3 Å². The maximum atomic E-state index is 13.5. The number of rotatable bonds is 4. The lowest BCUT2D eigenvalue weighted by atomic mass is 10.1. The van der Waals surface area contributed by atoms with Gasteiger partial charge in [-0.25, -0.2) is 13.8 Å². The monoisotopic (exact) mass is 238 g/mol. The number of nitrogens with one attached hydrogen (secondary N) is 1. The molecule has 17 heavy (non-hydrogen) atoms. The highest BCUT2D eigenvalue weighted by Crippen LogP contribution is 2.26. The van der Waals surface area contributed by atoms with E-state index in [9.17, 15) is 8.78 Å². The predicted molar refractivity (Wildman–Crippen MR) is 59.5 cm³/mol. The van der Waals surface area contributed by atoms with Crippen LogP contribution in [0.15, 0.2) is 28.8 Å². The molecule has 0 amide bonds. The molecular weight excluding hydrogens is 226 g/mol. The van der Waals surface area contributed by atoms with E-state index in [-0.39, 0.29) is 11.3 Å². The summed E-state index contributed by atoms with van der Waals surface area (Å²) in [4.78, 5) is 3.97. The lowest BCUT2D eigenvalue weighted by molar-refractivity contribution is 0.491. The first kappa shape index (κ1) is 11.7. The molecule has 0 unspecified atom stereocenters. The van der Waals surface area contributed by atoms with Gasteiger partial charge in [0.05, 0.1) is 11.8 Å². The highest BCUT2D eigenvalue weighted by molar-refractivity contribution is 5.58. The molecule has 2 aromatic rings. The Morgan fingerprint density at radius 2 is 2.00 bits per heavy atom. The van der Waals surface area contributed by atoms with E-state index in [1.165, 1.54) is 24.4 Å². The first-order chi connectivity index (χ1) is 8.22. The van der Waals surface area contributed by atoms with Crippen LogP contribution in [-0.4, -0.2) is 18.6 Å². The molecule has 0 saturated carbocycles. The van der Waals surface area contributed by atoms with Crippen molar-refractivity contribution >= 4 is 0 Å². The number of aromatic nitrogens is 1. The van der Waals surface area contributed by atoms with Crippen molar-refractivity contribution in [3.63, 3.8) is 0 Å². The normalized spacial score (nSPS) is 10.8. The third-order valence-electron chi connectivity index (χ3n) is 2.35. The van der Waals surface area contributed by atoms with Crippen LogP contribution in [0.25, 0.3) is 11.3 Å². The highest BCUT2D eigenvalue weighted by Gasteiger charge is 2.15. The molecule has 0 saturated heterocycles. The van der Waals surface area contributed by atoms with Gasteiger partial charge >= 0.3 is 0 Å². The molecule has 0 aliphatic heterocycles. The Balaban J connectivity index is 2.30. The summed E-state index contributed by atoms with van der Waals surface area (Å²) in [6.07, 6.45) is 1.92. The Labute approximate surface area is 97.5 Å². The molecule has 1 N–H and O–H groups in total. The van der Waals surface area contributed by atoms with Crippen LogP contribution in [0.2, 0.25) is 0 Å². The topological polar surface area (TPSA) is 38.1 Å². The zero-order chi connectivity index (χ0) is 12.3. The van der Waals surface area contributed by atoms with E-state index >= 15 is 0 Å². The minimum Gasteiger partial charge on any atom is -0.440 e. The van der Waals surface area contributed by atoms with Gasteiger partial charge in [-0.2, -0.15) is 0 Å². The van der Waals surface area contributed by atoms with Crippen molar-refractivity contribution in [1.29, 1.82) is 0 Å². The maximum Gasteiger partial charge on any atom is 0.196 e. The number of halogens is 2. The van der Waals surface area contributed by atoms with E-state index < -0.39 is 11.6 Å². The molecule has 1 aromatic heterocycles. The van der Waals surface area contributed by atoms with Gasteiger partial charge < -0.3 is 9.73 Å². The van der Waals surface area contributed by atoms with Crippen molar-refractivity contribution in [2.75, 3.05) is 13.6 Å². The van der Waals surface area contributed by atoms with Crippen LogP contribution in [0.4, 0.5) is 8.78 Å². The zero-order valence-electron chi connectivity index (χ0n) is 9.34. The van der Waals surface area contributed by atoms with Crippen molar-refractivity contribution in [2.24, 2.45) is 0 Å². The van der Waals surface area contributed by atoms with Crippen molar-refractivity contribution in [2.45, 2.75) is 6.42 Å². The summed E-state index contributed by atoms with van der Waals surface area (Å²) in [6.45, 7) is 0.694. The van der Waals surface area contributed by atoms with Gasteiger partial charge in [-0.05, 0) is 19.2 Å². The fraction of sp³-hybridized carbons (Fsp3) is 0.250. The fourth-order valence-electron chi connectivity index (χ4n) is 1.51. The van der Waals surface area contributed by atoms with Gasteiger partial charge in [0.1, 0.15) is 11.6 Å². The van der Waals surface area contributed by atoms with Crippen LogP contribution in [-0.2, 0) is 6.42 Å². The lowest BCUT2D eigenvalue weighted by Crippen LogP contribution is -2.10. The maximum absolute atomic E-state index is 13.5. The van der Waals surface area contributed by atoms with Crippen LogP contribution < -0.4 is 5.32 Å². The second-order valence-corrected chi connectivity index (χ2v) is 3.57. The number of nitrogens with zero attached hydrogens (tertiary/aromatic N) is 1. The summed E-state index contributed by atoms with van der Waals surface area (Å²) in [5, 5.41) is 2.94. The minimum absolute atomic E-state index is 0.117. The third-order valence-corrected chi connectivity index (χ3v) is 2.35. The molecular formula is C12H12F2N2O. The fourth-order valence-corrected chi connectivity index (χ4v) is 1.51. The summed E-state index contributed by atoms with van der Waals surface area (Å²) >= 11 is 0. The summed E-state index contributed by atoms with van der Waals surface area (Å²) in [5.41, 5.74) is -0.171. The van der Waals surface area contributed by atoms with E-state index in [1.54, 1.807) is 7.05 Å². The molecule has 90 valence electrons. The van der Waals surface area contributed by atoms with Gasteiger partial charge in [0.15, 0.2) is 11.7 Å². The summed E-state index contributed by atoms with van der Waals surface area (Å²) < 4.78 is 32.2. The van der Waals surface area contributed by atoms with Crippen LogP contribution in [0.1, 0.15) is 5.89 Å². The van der Waals surface area contributed by atoms with Gasteiger partial charge in [0.25, 0.3) is 0 Å². The SMILES string of the molecule is CNCCc1ncc(-c2c(F)cccc2F)o1. The smallest absolute Gasteiger partial charge is 0.196 e. The summed E-state index contributed by atoms with van der Waals surface area (Å²) in [7, 11) is 1.81. The Kier molecular flexibility index (Phi) is 3.49. The Morgan fingerprint density at radius 1 is 1.29 bits per heavy atom. The molecule has 1 aromatic carbocycles. The van der Waals surface area contributed by atoms with Gasteiger partial charge in [0, 0.05) is 13.0 Å². The quantitative estimate of drug-likeness (QED) is 0.888. The number of hydrogen-bond donors (Lipinski definition) is 1. The van der Waals surface area contributed by atoms with E-state index in [0.29, 0.717) is 18.9 Å². The van der Waals surface area contributed by atoms with Crippen molar-refractivity contribution in [1.82, 2.24) is 10.3 Å². The first-order valence-corrected chi connectivity index (χ1v) is 5.26.